The lowest BCUT2D eigenvalue weighted by Gasteiger charge is -2.23. The Morgan fingerprint density at radius 2 is 2.05 bits per heavy atom. The molecule has 1 aliphatic rings. The van der Waals surface area contributed by atoms with E-state index in [4.69, 9.17) is 4.74 Å². The van der Waals surface area contributed by atoms with Crippen molar-refractivity contribution in [2.75, 3.05) is 13.2 Å². The van der Waals surface area contributed by atoms with Gasteiger partial charge in [-0.25, -0.2) is 0 Å². The number of para-hydroxylation sites is 1. The number of hydrogen-bond donors (Lipinski definition) is 1. The zero-order valence-electron chi connectivity index (χ0n) is 12.9. The first-order valence-electron chi connectivity index (χ1n) is 7.80. The van der Waals surface area contributed by atoms with E-state index in [0.29, 0.717) is 6.04 Å². The molecule has 0 amide bonds. The van der Waals surface area contributed by atoms with Gasteiger partial charge in [0.05, 0.1) is 6.61 Å². The highest BCUT2D eigenvalue weighted by Crippen LogP contribution is 2.21. The van der Waals surface area contributed by atoms with Crippen LogP contribution in [0.5, 0.6) is 0 Å². The summed E-state index contributed by atoms with van der Waals surface area (Å²) in [5, 5.41) is 3.63. The van der Waals surface area contributed by atoms with Crippen LogP contribution in [0.15, 0.2) is 36.4 Å². The van der Waals surface area contributed by atoms with Crippen molar-refractivity contribution in [1.82, 2.24) is 9.88 Å². The Kier molecular flexibility index (Phi) is 4.42. The maximum Gasteiger partial charge on any atom is 0.0619 e. The first-order chi connectivity index (χ1) is 10.3. The standard InChI is InChI=1S/C18H24N2O/c1-14-11-16(12-19-17-7-6-10-21-13-17)15(2)20(14)18-8-4-3-5-9-18/h3-5,8-9,11,17,19H,6-7,10,12-13H2,1-2H3. The van der Waals surface area contributed by atoms with Crippen molar-refractivity contribution in [3.63, 3.8) is 0 Å². The summed E-state index contributed by atoms with van der Waals surface area (Å²) >= 11 is 0. The lowest BCUT2D eigenvalue weighted by atomic mass is 10.1. The molecular formula is C18H24N2O. The van der Waals surface area contributed by atoms with E-state index in [2.05, 4.69) is 60.1 Å². The summed E-state index contributed by atoms with van der Waals surface area (Å²) in [4.78, 5) is 0. The Balaban J connectivity index is 1.75. The quantitative estimate of drug-likeness (QED) is 0.931. The van der Waals surface area contributed by atoms with Crippen LogP contribution in [0, 0.1) is 13.8 Å². The van der Waals surface area contributed by atoms with Crippen molar-refractivity contribution in [3.8, 4) is 5.69 Å². The van der Waals surface area contributed by atoms with E-state index < -0.39 is 0 Å². The molecule has 1 aliphatic heterocycles. The molecule has 0 bridgehead atoms. The van der Waals surface area contributed by atoms with Gasteiger partial charge in [-0.15, -0.1) is 0 Å². The van der Waals surface area contributed by atoms with Crippen LogP contribution in [0.1, 0.15) is 29.8 Å². The normalized spacial score (nSPS) is 18.9. The molecule has 1 aromatic heterocycles. The molecule has 2 aromatic rings. The van der Waals surface area contributed by atoms with Crippen molar-refractivity contribution in [1.29, 1.82) is 0 Å². The van der Waals surface area contributed by atoms with Gasteiger partial charge in [0.1, 0.15) is 0 Å². The molecule has 2 heterocycles. The zero-order chi connectivity index (χ0) is 14.7. The molecule has 0 spiro atoms. The van der Waals surface area contributed by atoms with Gasteiger partial charge >= 0.3 is 0 Å². The number of benzene rings is 1. The van der Waals surface area contributed by atoms with Gasteiger partial charge in [0, 0.05) is 36.3 Å². The van der Waals surface area contributed by atoms with Gasteiger partial charge in [-0.3, -0.25) is 0 Å². The van der Waals surface area contributed by atoms with Crippen LogP contribution >= 0.6 is 0 Å². The summed E-state index contributed by atoms with van der Waals surface area (Å²) in [6.45, 7) is 7.06. The summed E-state index contributed by atoms with van der Waals surface area (Å²) in [6.07, 6.45) is 2.39. The van der Waals surface area contributed by atoms with Crippen molar-refractivity contribution < 1.29 is 4.74 Å². The molecule has 3 nitrogen and oxygen atoms in total. The van der Waals surface area contributed by atoms with Crippen LogP contribution in [0.2, 0.25) is 0 Å². The van der Waals surface area contributed by atoms with Crippen LogP contribution in [0.4, 0.5) is 0 Å². The lowest BCUT2D eigenvalue weighted by molar-refractivity contribution is 0.0699. The SMILES string of the molecule is Cc1cc(CNC2CCCOC2)c(C)n1-c1ccccc1. The third-order valence-corrected chi connectivity index (χ3v) is 4.29. The first kappa shape index (κ1) is 14.4. The Labute approximate surface area is 126 Å². The Hall–Kier alpha value is -1.58. The Bertz CT molecular complexity index is 583. The third-order valence-electron chi connectivity index (χ3n) is 4.29. The number of rotatable bonds is 4. The minimum Gasteiger partial charge on any atom is -0.380 e. The molecule has 0 saturated carbocycles. The summed E-state index contributed by atoms with van der Waals surface area (Å²) < 4.78 is 7.86. The minimum atomic E-state index is 0.499. The molecule has 1 unspecified atom stereocenters. The van der Waals surface area contributed by atoms with Gasteiger partial charge in [0.25, 0.3) is 0 Å². The molecule has 1 fully saturated rings. The molecule has 1 aromatic carbocycles. The average molecular weight is 284 g/mol. The summed E-state index contributed by atoms with van der Waals surface area (Å²) in [5.41, 5.74) is 5.22. The van der Waals surface area contributed by atoms with Crippen LogP contribution < -0.4 is 5.32 Å². The Morgan fingerprint density at radius 3 is 2.76 bits per heavy atom. The zero-order valence-corrected chi connectivity index (χ0v) is 12.9. The highest BCUT2D eigenvalue weighted by Gasteiger charge is 2.15. The van der Waals surface area contributed by atoms with Gasteiger partial charge in [0.15, 0.2) is 0 Å². The third kappa shape index (κ3) is 3.20. The highest BCUT2D eigenvalue weighted by atomic mass is 16.5. The van der Waals surface area contributed by atoms with Gasteiger partial charge in [-0.2, -0.15) is 0 Å². The van der Waals surface area contributed by atoms with Crippen LogP contribution in [-0.2, 0) is 11.3 Å². The topological polar surface area (TPSA) is 26.2 Å². The fourth-order valence-corrected chi connectivity index (χ4v) is 3.14. The van der Waals surface area contributed by atoms with E-state index >= 15 is 0 Å². The van der Waals surface area contributed by atoms with Gasteiger partial charge in [-0.1, -0.05) is 18.2 Å². The highest BCUT2D eigenvalue weighted by molar-refractivity contribution is 5.40. The molecule has 21 heavy (non-hydrogen) atoms. The molecule has 1 saturated heterocycles. The number of ether oxygens (including phenoxy) is 1. The largest absolute Gasteiger partial charge is 0.380 e. The van der Waals surface area contributed by atoms with Crippen molar-refractivity contribution >= 4 is 0 Å². The van der Waals surface area contributed by atoms with Crippen molar-refractivity contribution in [2.45, 2.75) is 39.3 Å². The monoisotopic (exact) mass is 284 g/mol. The number of nitrogens with one attached hydrogen (secondary N) is 1. The molecule has 0 aliphatic carbocycles. The summed E-state index contributed by atoms with van der Waals surface area (Å²) in [6, 6.07) is 13.3. The van der Waals surface area contributed by atoms with Gasteiger partial charge in [0.2, 0.25) is 0 Å². The Morgan fingerprint density at radius 1 is 1.24 bits per heavy atom. The minimum absolute atomic E-state index is 0.499. The molecule has 0 radical (unpaired) electrons. The van der Waals surface area contributed by atoms with Crippen molar-refractivity contribution in [3.05, 3.63) is 53.3 Å². The van der Waals surface area contributed by atoms with E-state index in [1.807, 2.05) is 0 Å². The molecule has 3 heteroatoms. The summed E-state index contributed by atoms with van der Waals surface area (Å²) in [7, 11) is 0. The fraction of sp³-hybridized carbons (Fsp3) is 0.444. The van der Waals surface area contributed by atoms with E-state index in [9.17, 15) is 0 Å². The lowest BCUT2D eigenvalue weighted by Crippen LogP contribution is -2.36. The predicted octanol–water partition coefficient (Wildman–Crippen LogP) is 3.36. The second-order valence-corrected chi connectivity index (χ2v) is 5.86. The van der Waals surface area contributed by atoms with E-state index in [1.54, 1.807) is 0 Å². The number of nitrogens with zero attached hydrogens (tertiary/aromatic N) is 1. The van der Waals surface area contributed by atoms with Crippen LogP contribution in [-0.4, -0.2) is 23.8 Å². The maximum absolute atomic E-state index is 5.53. The summed E-state index contributed by atoms with van der Waals surface area (Å²) in [5.74, 6) is 0. The molecule has 1 N–H and O–H groups in total. The maximum atomic E-state index is 5.53. The van der Waals surface area contributed by atoms with Crippen molar-refractivity contribution in [2.24, 2.45) is 0 Å². The first-order valence-corrected chi connectivity index (χ1v) is 7.80. The fourth-order valence-electron chi connectivity index (χ4n) is 3.14. The van der Waals surface area contributed by atoms with E-state index in [-0.39, 0.29) is 0 Å². The molecule has 1 atom stereocenters. The van der Waals surface area contributed by atoms with Gasteiger partial charge in [-0.05, 0) is 50.5 Å². The number of aryl methyl sites for hydroxylation is 1. The predicted molar refractivity (Wildman–Crippen MR) is 85.9 cm³/mol. The second-order valence-electron chi connectivity index (χ2n) is 5.86. The number of aromatic nitrogens is 1. The van der Waals surface area contributed by atoms with Crippen LogP contribution in [0.3, 0.4) is 0 Å². The van der Waals surface area contributed by atoms with Gasteiger partial charge < -0.3 is 14.6 Å². The number of hydrogen-bond acceptors (Lipinski definition) is 2. The molecular weight excluding hydrogens is 260 g/mol. The van der Waals surface area contributed by atoms with Crippen LogP contribution in [0.25, 0.3) is 5.69 Å². The smallest absolute Gasteiger partial charge is 0.0619 e. The van der Waals surface area contributed by atoms with E-state index in [1.165, 1.54) is 35.5 Å². The van der Waals surface area contributed by atoms with E-state index in [0.717, 1.165) is 19.8 Å². The molecule has 112 valence electrons. The molecule has 3 rings (SSSR count). The average Bonchev–Trinajstić information content (AvgIpc) is 2.81. The second kappa shape index (κ2) is 6.46.